The predicted octanol–water partition coefficient (Wildman–Crippen LogP) is 1.89. The second-order valence-corrected chi connectivity index (χ2v) is 3.90. The minimum atomic E-state index is 0.596. The van der Waals surface area contributed by atoms with Gasteiger partial charge in [-0.2, -0.15) is 0 Å². The molecular formula is C13H17N3O. The Kier molecular flexibility index (Phi) is 3.44. The highest BCUT2D eigenvalue weighted by Crippen LogP contribution is 2.30. The van der Waals surface area contributed by atoms with Crippen LogP contribution in [0.15, 0.2) is 24.3 Å². The molecule has 90 valence electrons. The largest absolute Gasteiger partial charge is 0.496 e. The Morgan fingerprint density at radius 2 is 2.12 bits per heavy atom. The molecule has 1 aromatic heterocycles. The fourth-order valence-corrected chi connectivity index (χ4v) is 1.88. The summed E-state index contributed by atoms with van der Waals surface area (Å²) in [6.45, 7) is 2.60. The van der Waals surface area contributed by atoms with E-state index in [4.69, 9.17) is 10.5 Å². The molecule has 2 aromatic rings. The minimum absolute atomic E-state index is 0.596. The molecule has 0 amide bonds. The van der Waals surface area contributed by atoms with Crippen molar-refractivity contribution < 1.29 is 4.74 Å². The average molecular weight is 231 g/mol. The van der Waals surface area contributed by atoms with Crippen molar-refractivity contribution in [3.8, 4) is 17.0 Å². The Morgan fingerprint density at radius 1 is 1.35 bits per heavy atom. The fourth-order valence-electron chi connectivity index (χ4n) is 1.88. The highest BCUT2D eigenvalue weighted by molar-refractivity contribution is 5.69. The number of rotatable bonds is 4. The van der Waals surface area contributed by atoms with E-state index in [1.807, 2.05) is 31.2 Å². The van der Waals surface area contributed by atoms with Crippen LogP contribution in [0.5, 0.6) is 5.75 Å². The average Bonchev–Trinajstić information content (AvgIpc) is 2.70. The van der Waals surface area contributed by atoms with Gasteiger partial charge in [-0.05, 0) is 25.6 Å². The molecule has 0 atom stereocenters. The number of hydrogen-bond donors (Lipinski definition) is 2. The summed E-state index contributed by atoms with van der Waals surface area (Å²) in [6.07, 6.45) is 0.760. The quantitative estimate of drug-likeness (QED) is 0.844. The highest BCUT2D eigenvalue weighted by Gasteiger charge is 2.12. The normalized spacial score (nSPS) is 10.5. The maximum absolute atomic E-state index is 5.53. The summed E-state index contributed by atoms with van der Waals surface area (Å²) in [4.78, 5) is 7.81. The van der Waals surface area contributed by atoms with Crippen LogP contribution in [0.1, 0.15) is 11.5 Å². The van der Waals surface area contributed by atoms with Gasteiger partial charge in [-0.25, -0.2) is 4.98 Å². The first kappa shape index (κ1) is 11.7. The topological polar surface area (TPSA) is 63.9 Å². The van der Waals surface area contributed by atoms with Gasteiger partial charge < -0.3 is 15.5 Å². The lowest BCUT2D eigenvalue weighted by Gasteiger charge is -2.06. The second kappa shape index (κ2) is 5.01. The number of aromatic nitrogens is 2. The van der Waals surface area contributed by atoms with Gasteiger partial charge in [0, 0.05) is 17.7 Å². The molecule has 0 radical (unpaired) electrons. The van der Waals surface area contributed by atoms with Crippen molar-refractivity contribution in [1.29, 1.82) is 0 Å². The number of ether oxygens (including phenoxy) is 1. The van der Waals surface area contributed by atoms with E-state index in [-0.39, 0.29) is 0 Å². The summed E-state index contributed by atoms with van der Waals surface area (Å²) in [7, 11) is 1.67. The molecule has 0 aliphatic carbocycles. The van der Waals surface area contributed by atoms with Crippen LogP contribution in [0.4, 0.5) is 0 Å². The van der Waals surface area contributed by atoms with Gasteiger partial charge >= 0.3 is 0 Å². The number of benzene rings is 1. The monoisotopic (exact) mass is 231 g/mol. The van der Waals surface area contributed by atoms with Crippen molar-refractivity contribution in [2.24, 2.45) is 5.73 Å². The summed E-state index contributed by atoms with van der Waals surface area (Å²) in [5.41, 5.74) is 8.51. The van der Waals surface area contributed by atoms with Crippen molar-refractivity contribution in [1.82, 2.24) is 9.97 Å². The summed E-state index contributed by atoms with van der Waals surface area (Å²) in [5, 5.41) is 0. The van der Waals surface area contributed by atoms with Gasteiger partial charge in [0.1, 0.15) is 11.6 Å². The molecule has 0 bridgehead atoms. The van der Waals surface area contributed by atoms with Gasteiger partial charge in [-0.3, -0.25) is 0 Å². The predicted molar refractivity (Wildman–Crippen MR) is 68.1 cm³/mol. The van der Waals surface area contributed by atoms with E-state index < -0.39 is 0 Å². The molecule has 0 saturated carbocycles. The Bertz CT molecular complexity index is 505. The lowest BCUT2D eigenvalue weighted by atomic mass is 10.1. The first-order chi connectivity index (χ1) is 8.26. The Morgan fingerprint density at radius 3 is 2.82 bits per heavy atom. The van der Waals surface area contributed by atoms with Crippen LogP contribution >= 0.6 is 0 Å². The molecule has 0 unspecified atom stereocenters. The van der Waals surface area contributed by atoms with Crippen LogP contribution in [0, 0.1) is 6.92 Å². The molecule has 2 rings (SSSR count). The van der Waals surface area contributed by atoms with E-state index in [1.54, 1.807) is 7.11 Å². The van der Waals surface area contributed by atoms with Crippen molar-refractivity contribution in [2.45, 2.75) is 13.3 Å². The number of imidazole rings is 1. The Labute approximate surface area is 101 Å². The third-order valence-corrected chi connectivity index (χ3v) is 2.68. The molecule has 17 heavy (non-hydrogen) atoms. The van der Waals surface area contributed by atoms with E-state index in [1.165, 1.54) is 0 Å². The third-order valence-electron chi connectivity index (χ3n) is 2.68. The number of methoxy groups -OCH3 is 1. The maximum Gasteiger partial charge on any atom is 0.128 e. The summed E-state index contributed by atoms with van der Waals surface area (Å²) < 4.78 is 5.35. The number of hydrogen-bond acceptors (Lipinski definition) is 3. The van der Waals surface area contributed by atoms with Gasteiger partial charge in [0.15, 0.2) is 0 Å². The summed E-state index contributed by atoms with van der Waals surface area (Å²) in [5.74, 6) is 1.76. The van der Waals surface area contributed by atoms with Gasteiger partial charge in [-0.15, -0.1) is 0 Å². The van der Waals surface area contributed by atoms with Crippen LogP contribution < -0.4 is 10.5 Å². The van der Waals surface area contributed by atoms with Gasteiger partial charge in [-0.1, -0.05) is 12.1 Å². The van der Waals surface area contributed by atoms with Crippen LogP contribution in [0.3, 0.4) is 0 Å². The van der Waals surface area contributed by atoms with Crippen LogP contribution in [-0.2, 0) is 6.42 Å². The second-order valence-electron chi connectivity index (χ2n) is 3.90. The van der Waals surface area contributed by atoms with Crippen LogP contribution in [-0.4, -0.2) is 23.6 Å². The first-order valence-corrected chi connectivity index (χ1v) is 5.65. The van der Waals surface area contributed by atoms with Crippen molar-refractivity contribution in [2.75, 3.05) is 13.7 Å². The van der Waals surface area contributed by atoms with E-state index in [2.05, 4.69) is 9.97 Å². The summed E-state index contributed by atoms with van der Waals surface area (Å²) >= 11 is 0. The molecule has 1 aromatic carbocycles. The van der Waals surface area contributed by atoms with E-state index in [0.717, 1.165) is 34.9 Å². The third kappa shape index (κ3) is 2.31. The molecule has 4 heteroatoms. The molecule has 3 N–H and O–H groups in total. The SMILES string of the molecule is COc1ccccc1-c1nc(CCN)[nH]c1C. The smallest absolute Gasteiger partial charge is 0.128 e. The van der Waals surface area contributed by atoms with Crippen LogP contribution in [0.2, 0.25) is 0 Å². The standard InChI is InChI=1S/C13H17N3O/c1-9-13(16-12(15-9)7-8-14)10-5-3-4-6-11(10)17-2/h3-6H,7-8,14H2,1-2H3,(H,15,16). The molecule has 0 saturated heterocycles. The zero-order chi connectivity index (χ0) is 12.3. The molecule has 4 nitrogen and oxygen atoms in total. The number of aromatic amines is 1. The molecule has 1 heterocycles. The number of nitrogens with two attached hydrogens (primary N) is 1. The van der Waals surface area contributed by atoms with Gasteiger partial charge in [0.2, 0.25) is 0 Å². The van der Waals surface area contributed by atoms with Gasteiger partial charge in [0.25, 0.3) is 0 Å². The highest BCUT2D eigenvalue weighted by atomic mass is 16.5. The Hall–Kier alpha value is -1.81. The first-order valence-electron chi connectivity index (χ1n) is 5.65. The van der Waals surface area contributed by atoms with Gasteiger partial charge in [0.05, 0.1) is 12.8 Å². The summed E-state index contributed by atoms with van der Waals surface area (Å²) in [6, 6.07) is 7.87. The Balaban J connectivity index is 2.45. The maximum atomic E-state index is 5.53. The molecule has 0 aliphatic rings. The molecular weight excluding hydrogens is 214 g/mol. The fraction of sp³-hybridized carbons (Fsp3) is 0.308. The van der Waals surface area contributed by atoms with Crippen molar-refractivity contribution >= 4 is 0 Å². The number of H-pyrrole nitrogens is 1. The lowest BCUT2D eigenvalue weighted by Crippen LogP contribution is -2.03. The van der Waals surface area contributed by atoms with Crippen molar-refractivity contribution in [3.05, 3.63) is 35.8 Å². The number of para-hydroxylation sites is 1. The molecule has 0 fully saturated rings. The zero-order valence-electron chi connectivity index (χ0n) is 10.2. The van der Waals surface area contributed by atoms with Crippen molar-refractivity contribution in [3.63, 3.8) is 0 Å². The van der Waals surface area contributed by atoms with Crippen LogP contribution in [0.25, 0.3) is 11.3 Å². The zero-order valence-corrected chi connectivity index (χ0v) is 10.2. The van der Waals surface area contributed by atoms with E-state index in [0.29, 0.717) is 6.54 Å². The molecule has 0 aliphatic heterocycles. The minimum Gasteiger partial charge on any atom is -0.496 e. The number of nitrogens with zero attached hydrogens (tertiary/aromatic N) is 1. The lowest BCUT2D eigenvalue weighted by molar-refractivity contribution is 0.416. The number of aryl methyl sites for hydroxylation is 1. The number of nitrogens with one attached hydrogen (secondary N) is 1. The molecule has 0 spiro atoms. The van der Waals surface area contributed by atoms with E-state index in [9.17, 15) is 0 Å². The van der Waals surface area contributed by atoms with E-state index >= 15 is 0 Å².